The standard InChI is InChI=1S/C11H11ClN3P/c1-3-4-5-8-7(2)13-11(12)10-9(8)6-15(16)14-10/h3-6H,1,16H2,2H3/b5-4-. The Morgan fingerprint density at radius 3 is 3.00 bits per heavy atom. The van der Waals surface area contributed by atoms with E-state index in [1.165, 1.54) is 0 Å². The van der Waals surface area contributed by atoms with Gasteiger partial charge in [-0.15, -0.1) is 0 Å². The highest BCUT2D eigenvalue weighted by Gasteiger charge is 2.11. The molecule has 0 bridgehead atoms. The average molecular weight is 252 g/mol. The van der Waals surface area contributed by atoms with Gasteiger partial charge in [0, 0.05) is 22.8 Å². The lowest BCUT2D eigenvalue weighted by Crippen LogP contribution is -1.89. The SMILES string of the molecule is C=C/C=C\c1c(C)nc(Cl)c2nn(P)cc12. The quantitative estimate of drug-likeness (QED) is 0.466. The number of fused-ring (bicyclic) bond motifs is 1. The summed E-state index contributed by atoms with van der Waals surface area (Å²) in [4.78, 5) is 4.26. The molecule has 2 aromatic rings. The first-order valence-electron chi connectivity index (χ1n) is 4.73. The van der Waals surface area contributed by atoms with Gasteiger partial charge in [-0.1, -0.05) is 36.4 Å². The molecule has 0 fully saturated rings. The van der Waals surface area contributed by atoms with E-state index < -0.39 is 0 Å². The minimum absolute atomic E-state index is 0.435. The topological polar surface area (TPSA) is 30.7 Å². The Balaban J connectivity index is 2.80. The third-order valence-electron chi connectivity index (χ3n) is 2.27. The normalized spacial score (nSPS) is 11.4. The second kappa shape index (κ2) is 4.36. The molecule has 0 amide bonds. The molecule has 0 aliphatic carbocycles. The Labute approximate surface area is 101 Å². The van der Waals surface area contributed by atoms with E-state index in [0.717, 1.165) is 16.6 Å². The van der Waals surface area contributed by atoms with Crippen LogP contribution in [0.15, 0.2) is 24.9 Å². The molecular formula is C11H11ClN3P. The minimum Gasteiger partial charge on any atom is -0.257 e. The van der Waals surface area contributed by atoms with E-state index in [2.05, 4.69) is 26.1 Å². The summed E-state index contributed by atoms with van der Waals surface area (Å²) in [5.41, 5.74) is 2.62. The number of rotatable bonds is 2. The van der Waals surface area contributed by atoms with Crippen molar-refractivity contribution in [2.45, 2.75) is 6.92 Å². The van der Waals surface area contributed by atoms with Crippen LogP contribution in [0, 0.1) is 6.92 Å². The van der Waals surface area contributed by atoms with Crippen molar-refractivity contribution in [3.63, 3.8) is 0 Å². The molecule has 1 unspecified atom stereocenters. The van der Waals surface area contributed by atoms with Gasteiger partial charge in [-0.2, -0.15) is 5.10 Å². The van der Waals surface area contributed by atoms with E-state index in [1.54, 1.807) is 10.5 Å². The molecule has 0 saturated heterocycles. The molecule has 0 aromatic carbocycles. The molecule has 2 rings (SSSR count). The maximum atomic E-state index is 6.04. The summed E-state index contributed by atoms with van der Waals surface area (Å²) in [5.74, 6) is 0. The predicted molar refractivity (Wildman–Crippen MR) is 71.6 cm³/mol. The van der Waals surface area contributed by atoms with Gasteiger partial charge >= 0.3 is 0 Å². The van der Waals surface area contributed by atoms with E-state index in [9.17, 15) is 0 Å². The van der Waals surface area contributed by atoms with Gasteiger partial charge in [0.2, 0.25) is 0 Å². The van der Waals surface area contributed by atoms with E-state index in [4.69, 9.17) is 11.6 Å². The average Bonchev–Trinajstić information content (AvgIpc) is 2.60. The number of hydrogen-bond donors (Lipinski definition) is 0. The van der Waals surface area contributed by atoms with Crippen LogP contribution in [-0.4, -0.2) is 14.5 Å². The first-order valence-corrected chi connectivity index (χ1v) is 5.62. The highest BCUT2D eigenvalue weighted by atomic mass is 35.5. The van der Waals surface area contributed by atoms with E-state index >= 15 is 0 Å². The van der Waals surface area contributed by atoms with Crippen molar-refractivity contribution in [1.29, 1.82) is 0 Å². The fraction of sp³-hybridized carbons (Fsp3) is 0.0909. The Kier molecular flexibility index (Phi) is 3.08. The number of halogens is 1. The molecule has 82 valence electrons. The zero-order valence-corrected chi connectivity index (χ0v) is 10.7. The number of hydrogen-bond acceptors (Lipinski definition) is 2. The summed E-state index contributed by atoms with van der Waals surface area (Å²) in [7, 11) is 2.49. The van der Waals surface area contributed by atoms with Gasteiger partial charge in [0.25, 0.3) is 0 Å². The van der Waals surface area contributed by atoms with E-state index in [-0.39, 0.29) is 0 Å². The number of aryl methyl sites for hydroxylation is 1. The Morgan fingerprint density at radius 2 is 2.31 bits per heavy atom. The molecule has 5 heteroatoms. The van der Waals surface area contributed by atoms with Crippen LogP contribution in [0.3, 0.4) is 0 Å². The lowest BCUT2D eigenvalue weighted by Gasteiger charge is -2.01. The molecule has 0 saturated carbocycles. The highest BCUT2D eigenvalue weighted by Crippen LogP contribution is 2.27. The smallest absolute Gasteiger partial charge is 0.157 e. The van der Waals surface area contributed by atoms with Crippen LogP contribution in [0.25, 0.3) is 17.0 Å². The number of allylic oxidation sites excluding steroid dienone is 2. The van der Waals surface area contributed by atoms with Crippen LogP contribution in [0.2, 0.25) is 5.15 Å². The summed E-state index contributed by atoms with van der Waals surface area (Å²) in [6.45, 7) is 5.57. The largest absolute Gasteiger partial charge is 0.257 e. The monoisotopic (exact) mass is 251 g/mol. The van der Waals surface area contributed by atoms with Crippen molar-refractivity contribution < 1.29 is 0 Å². The fourth-order valence-corrected chi connectivity index (χ4v) is 2.10. The lowest BCUT2D eigenvalue weighted by atomic mass is 10.1. The summed E-state index contributed by atoms with van der Waals surface area (Å²) in [5, 5.41) is 5.67. The van der Waals surface area contributed by atoms with Crippen molar-refractivity contribution in [1.82, 2.24) is 14.5 Å². The summed E-state index contributed by atoms with van der Waals surface area (Å²) >= 11 is 6.04. The van der Waals surface area contributed by atoms with Gasteiger partial charge in [-0.25, -0.2) is 4.98 Å². The summed E-state index contributed by atoms with van der Waals surface area (Å²) in [6, 6.07) is 0. The maximum Gasteiger partial charge on any atom is 0.157 e. The van der Waals surface area contributed by atoms with Crippen molar-refractivity contribution in [3.8, 4) is 0 Å². The second-order valence-corrected chi connectivity index (χ2v) is 4.26. The molecule has 3 nitrogen and oxygen atoms in total. The number of aromatic nitrogens is 3. The van der Waals surface area contributed by atoms with Gasteiger partial charge in [0.15, 0.2) is 5.15 Å². The van der Waals surface area contributed by atoms with Gasteiger partial charge in [-0.3, -0.25) is 4.45 Å². The third-order valence-corrected chi connectivity index (χ3v) is 2.80. The predicted octanol–water partition coefficient (Wildman–Crippen LogP) is 3.23. The van der Waals surface area contributed by atoms with Crippen molar-refractivity contribution >= 4 is 38.0 Å². The molecule has 0 spiro atoms. The third kappa shape index (κ3) is 1.89. The highest BCUT2D eigenvalue weighted by molar-refractivity contribution is 7.14. The molecule has 0 aliphatic rings. The zero-order chi connectivity index (χ0) is 11.7. The Hall–Kier alpha value is -1.18. The van der Waals surface area contributed by atoms with Gasteiger partial charge in [-0.05, 0) is 16.3 Å². The van der Waals surface area contributed by atoms with Crippen LogP contribution >= 0.6 is 21.0 Å². The fourth-order valence-electron chi connectivity index (χ4n) is 1.57. The molecule has 1 atom stereocenters. The van der Waals surface area contributed by atoms with Gasteiger partial charge in [0.1, 0.15) is 5.52 Å². The summed E-state index contributed by atoms with van der Waals surface area (Å²) < 4.78 is 1.66. The molecule has 0 aliphatic heterocycles. The maximum absolute atomic E-state index is 6.04. The Bertz CT molecular complexity index is 586. The number of pyridine rings is 1. The van der Waals surface area contributed by atoms with Crippen molar-refractivity contribution in [2.75, 3.05) is 0 Å². The molecule has 2 aromatic heterocycles. The van der Waals surface area contributed by atoms with Crippen molar-refractivity contribution in [3.05, 3.63) is 41.3 Å². The van der Waals surface area contributed by atoms with Crippen molar-refractivity contribution in [2.24, 2.45) is 0 Å². The van der Waals surface area contributed by atoms with E-state index in [1.807, 2.05) is 25.3 Å². The first-order chi connectivity index (χ1) is 7.63. The van der Waals surface area contributed by atoms with Crippen LogP contribution in [0.4, 0.5) is 0 Å². The van der Waals surface area contributed by atoms with Crippen LogP contribution in [0.1, 0.15) is 11.3 Å². The number of nitrogens with zero attached hydrogens (tertiary/aromatic N) is 3. The van der Waals surface area contributed by atoms with Crippen LogP contribution in [-0.2, 0) is 0 Å². The van der Waals surface area contributed by atoms with Crippen LogP contribution in [0.5, 0.6) is 0 Å². The second-order valence-electron chi connectivity index (χ2n) is 3.37. The summed E-state index contributed by atoms with van der Waals surface area (Å²) in [6.07, 6.45) is 7.46. The minimum atomic E-state index is 0.435. The molecule has 0 N–H and O–H groups in total. The zero-order valence-electron chi connectivity index (χ0n) is 8.81. The Morgan fingerprint density at radius 1 is 1.56 bits per heavy atom. The molecule has 16 heavy (non-hydrogen) atoms. The van der Waals surface area contributed by atoms with Crippen LogP contribution < -0.4 is 0 Å². The molecule has 2 heterocycles. The van der Waals surface area contributed by atoms with Gasteiger partial charge < -0.3 is 0 Å². The lowest BCUT2D eigenvalue weighted by molar-refractivity contribution is 1.03. The first kappa shape index (κ1) is 11.3. The molecular weight excluding hydrogens is 241 g/mol. The van der Waals surface area contributed by atoms with Gasteiger partial charge in [0.05, 0.1) is 0 Å². The molecule has 0 radical (unpaired) electrons. The van der Waals surface area contributed by atoms with E-state index in [0.29, 0.717) is 10.7 Å².